The highest BCUT2D eigenvalue weighted by molar-refractivity contribution is 7.91. The summed E-state index contributed by atoms with van der Waals surface area (Å²) in [4.78, 5) is 11.9. The van der Waals surface area contributed by atoms with Crippen molar-refractivity contribution < 1.29 is 22.5 Å². The molecule has 0 spiro atoms. The first-order valence-electron chi connectivity index (χ1n) is 6.13. The van der Waals surface area contributed by atoms with Gasteiger partial charge in [0, 0.05) is 12.6 Å². The van der Waals surface area contributed by atoms with Crippen molar-refractivity contribution in [2.24, 2.45) is 0 Å². The molecule has 0 atom stereocenters. The summed E-state index contributed by atoms with van der Waals surface area (Å²) in [7, 11) is -2.27. The minimum atomic E-state index is -3.51. The van der Waals surface area contributed by atoms with Crippen molar-refractivity contribution in [3.63, 3.8) is 0 Å². The highest BCUT2D eigenvalue weighted by Crippen LogP contribution is 2.31. The molecule has 0 aliphatic heterocycles. The van der Waals surface area contributed by atoms with E-state index in [0.717, 1.165) is 11.3 Å². The van der Waals surface area contributed by atoms with E-state index in [1.54, 1.807) is 6.07 Å². The van der Waals surface area contributed by atoms with Gasteiger partial charge < -0.3 is 9.26 Å². The highest BCUT2D eigenvalue weighted by Gasteiger charge is 2.19. The lowest BCUT2D eigenvalue weighted by Crippen LogP contribution is -2.23. The summed E-state index contributed by atoms with van der Waals surface area (Å²) in [5, 5.41) is 3.58. The number of ether oxygens (including phenoxy) is 1. The fourth-order valence-electron chi connectivity index (χ4n) is 1.50. The average Bonchev–Trinajstić information content (AvgIpc) is 3.12. The van der Waals surface area contributed by atoms with Gasteiger partial charge in [0.05, 0.1) is 12.0 Å². The van der Waals surface area contributed by atoms with Crippen LogP contribution in [0.4, 0.5) is 0 Å². The van der Waals surface area contributed by atoms with Crippen LogP contribution in [0.15, 0.2) is 26.9 Å². The smallest absolute Gasteiger partial charge is 0.360 e. The van der Waals surface area contributed by atoms with Crippen molar-refractivity contribution in [3.05, 3.63) is 23.9 Å². The van der Waals surface area contributed by atoms with E-state index in [0.29, 0.717) is 23.6 Å². The fraction of sp³-hybridized carbons (Fsp3) is 0.333. The van der Waals surface area contributed by atoms with Crippen LogP contribution in [0.1, 0.15) is 23.8 Å². The summed E-state index contributed by atoms with van der Waals surface area (Å²) in [6.07, 6.45) is 0.710. The molecule has 0 amide bonds. The molecule has 2 aromatic heterocycles. The molecule has 9 heteroatoms. The predicted molar refractivity (Wildman–Crippen MR) is 76.6 cm³/mol. The number of thiophene rings is 1. The summed E-state index contributed by atoms with van der Waals surface area (Å²) in [6.45, 7) is 2.26. The molecule has 21 heavy (non-hydrogen) atoms. The summed E-state index contributed by atoms with van der Waals surface area (Å²) < 4.78 is 36.2. The molecular weight excluding hydrogens is 316 g/mol. The molecule has 0 saturated carbocycles. The van der Waals surface area contributed by atoms with E-state index in [-0.39, 0.29) is 9.90 Å². The largest absolute Gasteiger partial charge is 0.464 e. The van der Waals surface area contributed by atoms with Gasteiger partial charge >= 0.3 is 5.97 Å². The molecular formula is C12H14N2O5S2. The van der Waals surface area contributed by atoms with Crippen molar-refractivity contribution in [1.82, 2.24) is 9.88 Å². The zero-order valence-electron chi connectivity index (χ0n) is 11.5. The average molecular weight is 330 g/mol. The molecule has 0 aliphatic rings. The van der Waals surface area contributed by atoms with Crippen LogP contribution in [-0.2, 0) is 14.8 Å². The Morgan fingerprint density at radius 1 is 1.48 bits per heavy atom. The van der Waals surface area contributed by atoms with Crippen LogP contribution in [0.3, 0.4) is 0 Å². The van der Waals surface area contributed by atoms with Crippen LogP contribution in [-0.4, -0.2) is 33.2 Å². The normalized spacial score (nSPS) is 11.5. The second kappa shape index (κ2) is 6.37. The van der Waals surface area contributed by atoms with Crippen molar-refractivity contribution in [2.45, 2.75) is 17.6 Å². The van der Waals surface area contributed by atoms with Crippen molar-refractivity contribution in [2.75, 3.05) is 13.7 Å². The maximum absolute atomic E-state index is 12.0. The molecule has 2 aromatic rings. The van der Waals surface area contributed by atoms with Gasteiger partial charge in [-0.1, -0.05) is 12.1 Å². The fourth-order valence-corrected chi connectivity index (χ4v) is 3.93. The lowest BCUT2D eigenvalue weighted by atomic mass is 10.3. The van der Waals surface area contributed by atoms with Crippen LogP contribution >= 0.6 is 11.3 Å². The van der Waals surface area contributed by atoms with E-state index in [9.17, 15) is 13.2 Å². The minimum absolute atomic E-state index is 0.0365. The van der Waals surface area contributed by atoms with Gasteiger partial charge in [0.15, 0.2) is 11.5 Å². The van der Waals surface area contributed by atoms with Crippen LogP contribution in [0.5, 0.6) is 0 Å². The standard InChI is InChI=1S/C12H14N2O5S2/c1-3-6-13-21(16,17)11-5-4-10(20-11)9-7-8(14-19-9)12(15)18-2/h4-5,7,13H,3,6H2,1-2H3. The Balaban J connectivity index is 2.24. The monoisotopic (exact) mass is 330 g/mol. The number of esters is 1. The van der Waals surface area contributed by atoms with Gasteiger partial charge in [-0.2, -0.15) is 0 Å². The number of rotatable bonds is 6. The van der Waals surface area contributed by atoms with Gasteiger partial charge in [-0.15, -0.1) is 11.3 Å². The molecule has 0 aromatic carbocycles. The molecule has 0 fully saturated rings. The zero-order valence-corrected chi connectivity index (χ0v) is 13.1. The molecule has 0 saturated heterocycles. The summed E-state index contributed by atoms with van der Waals surface area (Å²) in [6, 6.07) is 4.50. The molecule has 114 valence electrons. The third-order valence-electron chi connectivity index (χ3n) is 2.54. The van der Waals surface area contributed by atoms with Crippen LogP contribution in [0, 0.1) is 0 Å². The van der Waals surface area contributed by atoms with Crippen LogP contribution in [0.2, 0.25) is 0 Å². The molecule has 0 bridgehead atoms. The highest BCUT2D eigenvalue weighted by atomic mass is 32.2. The number of hydrogen-bond acceptors (Lipinski definition) is 7. The molecule has 2 heterocycles. The quantitative estimate of drug-likeness (QED) is 0.812. The maximum atomic E-state index is 12.0. The van der Waals surface area contributed by atoms with E-state index in [4.69, 9.17) is 4.52 Å². The van der Waals surface area contributed by atoms with E-state index in [2.05, 4.69) is 14.6 Å². The predicted octanol–water partition coefficient (Wildman–Crippen LogP) is 1.88. The number of nitrogens with zero attached hydrogens (tertiary/aromatic N) is 1. The van der Waals surface area contributed by atoms with E-state index >= 15 is 0 Å². The molecule has 2 rings (SSSR count). The van der Waals surface area contributed by atoms with Crippen LogP contribution < -0.4 is 4.72 Å². The Kier molecular flexibility index (Phi) is 4.76. The molecule has 0 aliphatic carbocycles. The van der Waals surface area contributed by atoms with Crippen molar-refractivity contribution in [1.29, 1.82) is 0 Å². The lowest BCUT2D eigenvalue weighted by molar-refractivity contribution is 0.0589. The van der Waals surface area contributed by atoms with Crippen molar-refractivity contribution in [3.8, 4) is 10.6 Å². The Hall–Kier alpha value is -1.71. The Labute approximate surface area is 126 Å². The Bertz CT molecular complexity index is 732. The first-order chi connectivity index (χ1) is 9.97. The van der Waals surface area contributed by atoms with Gasteiger partial charge in [-0.3, -0.25) is 0 Å². The SMILES string of the molecule is CCCNS(=O)(=O)c1ccc(-c2cc(C(=O)OC)no2)s1. The second-order valence-electron chi connectivity index (χ2n) is 4.08. The number of hydrogen-bond donors (Lipinski definition) is 1. The van der Waals surface area contributed by atoms with Gasteiger partial charge in [-0.05, 0) is 18.6 Å². The topological polar surface area (TPSA) is 98.5 Å². The second-order valence-corrected chi connectivity index (χ2v) is 7.16. The number of carbonyl (C=O) groups excluding carboxylic acids is 1. The maximum Gasteiger partial charge on any atom is 0.360 e. The molecule has 0 unspecified atom stereocenters. The number of sulfonamides is 1. The lowest BCUT2D eigenvalue weighted by Gasteiger charge is -2.01. The molecule has 1 N–H and O–H groups in total. The zero-order chi connectivity index (χ0) is 15.5. The number of carbonyl (C=O) groups is 1. The number of aromatic nitrogens is 1. The number of nitrogens with one attached hydrogen (secondary N) is 1. The van der Waals surface area contributed by atoms with Gasteiger partial charge in [0.25, 0.3) is 0 Å². The van der Waals surface area contributed by atoms with Gasteiger partial charge in [-0.25, -0.2) is 17.9 Å². The summed E-state index contributed by atoms with van der Waals surface area (Å²) in [5.41, 5.74) is 0.0365. The van der Waals surface area contributed by atoms with E-state index in [1.807, 2.05) is 6.92 Å². The molecule has 0 radical (unpaired) electrons. The van der Waals surface area contributed by atoms with Crippen LogP contribution in [0.25, 0.3) is 10.6 Å². The summed E-state index contributed by atoms with van der Waals surface area (Å²) in [5.74, 6) is -0.295. The van der Waals surface area contributed by atoms with Gasteiger partial charge in [0.2, 0.25) is 10.0 Å². The third-order valence-corrected chi connectivity index (χ3v) is 5.59. The minimum Gasteiger partial charge on any atom is -0.464 e. The summed E-state index contributed by atoms with van der Waals surface area (Å²) >= 11 is 1.04. The number of methoxy groups -OCH3 is 1. The van der Waals surface area contributed by atoms with Gasteiger partial charge in [0.1, 0.15) is 4.21 Å². The molecule has 7 nitrogen and oxygen atoms in total. The third kappa shape index (κ3) is 3.49. The first-order valence-corrected chi connectivity index (χ1v) is 8.42. The Morgan fingerprint density at radius 2 is 2.24 bits per heavy atom. The van der Waals surface area contributed by atoms with Crippen molar-refractivity contribution >= 4 is 27.3 Å². The van der Waals surface area contributed by atoms with E-state index < -0.39 is 16.0 Å². The Morgan fingerprint density at radius 3 is 2.90 bits per heavy atom. The first kappa shape index (κ1) is 15.7. The van der Waals surface area contributed by atoms with E-state index in [1.165, 1.54) is 19.2 Å².